The highest BCUT2D eigenvalue weighted by Crippen LogP contribution is 2.65. The molecule has 3 aliphatic carbocycles. The van der Waals surface area contributed by atoms with Gasteiger partial charge in [0.1, 0.15) is 40.3 Å². The number of carbonyl (C=O) groups is 4. The lowest BCUT2D eigenvalue weighted by molar-refractivity contribution is -0.199. The van der Waals surface area contributed by atoms with Crippen LogP contribution in [0.25, 0.3) is 0 Å². The Labute approximate surface area is 331 Å². The van der Waals surface area contributed by atoms with Crippen LogP contribution >= 0.6 is 0 Å². The number of esters is 1. The van der Waals surface area contributed by atoms with Gasteiger partial charge < -0.3 is 38.1 Å². The van der Waals surface area contributed by atoms with Gasteiger partial charge in [0, 0.05) is 25.7 Å². The number of benzene rings is 1. The Bertz CT molecular complexity index is 1710. The fourth-order valence-electron chi connectivity index (χ4n) is 9.10. The van der Waals surface area contributed by atoms with Crippen molar-refractivity contribution in [2.45, 2.75) is 162 Å². The van der Waals surface area contributed by atoms with Crippen LogP contribution in [0.4, 0.5) is 9.59 Å². The number of ether oxygens (including phenoxy) is 5. The first kappa shape index (κ1) is 42.1. The molecular formula is C41H61BN2O12. The zero-order chi connectivity index (χ0) is 41.3. The van der Waals surface area contributed by atoms with Gasteiger partial charge in [0.25, 0.3) is 0 Å². The predicted molar refractivity (Wildman–Crippen MR) is 206 cm³/mol. The van der Waals surface area contributed by atoms with E-state index in [4.69, 9.17) is 33.0 Å². The van der Waals surface area contributed by atoms with Gasteiger partial charge >= 0.3 is 31.3 Å². The van der Waals surface area contributed by atoms with Gasteiger partial charge in [-0.3, -0.25) is 9.80 Å². The second-order valence-corrected chi connectivity index (χ2v) is 20.0. The highest BCUT2D eigenvalue weighted by Gasteiger charge is 2.67. The molecule has 1 N–H and O–H groups in total. The summed E-state index contributed by atoms with van der Waals surface area (Å²) in [6.45, 7) is 23.4. The third kappa shape index (κ3) is 8.79. The van der Waals surface area contributed by atoms with Crippen LogP contribution in [0.3, 0.4) is 0 Å². The summed E-state index contributed by atoms with van der Waals surface area (Å²) in [5, 5.41) is 9.90. The highest BCUT2D eigenvalue weighted by atomic mass is 16.7. The molecule has 1 amide bonds. The largest absolute Gasteiger partial charge is 0.514 e. The number of hydrogen-bond donors (Lipinski definition) is 1. The summed E-state index contributed by atoms with van der Waals surface area (Å²) in [5.41, 5.74) is -2.17. The smallest absolute Gasteiger partial charge is 0.487 e. The van der Waals surface area contributed by atoms with Crippen molar-refractivity contribution in [2.24, 2.45) is 17.3 Å². The number of carbonyl (C=O) groups excluding carboxylic acids is 3. The maximum atomic E-state index is 14.1. The molecule has 3 aliphatic heterocycles. The van der Waals surface area contributed by atoms with Crippen molar-refractivity contribution >= 4 is 31.3 Å². The Hall–Kier alpha value is -3.56. The van der Waals surface area contributed by atoms with Crippen LogP contribution < -0.4 is 9.47 Å². The van der Waals surface area contributed by atoms with Crippen molar-refractivity contribution in [1.29, 1.82) is 0 Å². The molecule has 0 unspecified atom stereocenters. The van der Waals surface area contributed by atoms with Crippen molar-refractivity contribution in [2.75, 3.05) is 19.6 Å². The Morgan fingerprint density at radius 2 is 1.52 bits per heavy atom. The van der Waals surface area contributed by atoms with Crippen LogP contribution in [-0.2, 0) is 34.7 Å². The molecule has 6 aliphatic rings. The molecule has 3 saturated heterocycles. The Morgan fingerprint density at radius 1 is 0.875 bits per heavy atom. The molecular weight excluding hydrogens is 723 g/mol. The van der Waals surface area contributed by atoms with Crippen LogP contribution in [-0.4, -0.2) is 113 Å². The molecule has 14 nitrogen and oxygen atoms in total. The molecule has 15 heteroatoms. The minimum atomic E-state index is -1.09. The molecule has 1 aromatic carbocycles. The number of carboxylic acid groups (broad SMARTS) is 1. The zero-order valence-corrected chi connectivity index (χ0v) is 35.2. The number of likely N-dealkylation sites (tertiary alicyclic amines) is 2. The van der Waals surface area contributed by atoms with E-state index in [1.807, 2.05) is 0 Å². The van der Waals surface area contributed by atoms with E-state index in [9.17, 15) is 24.3 Å². The monoisotopic (exact) mass is 784 g/mol. The number of nitrogens with zero attached hydrogens (tertiary/aromatic N) is 2. The average Bonchev–Trinajstić information content (AvgIpc) is 3.60. The topological polar surface area (TPSA) is 160 Å². The molecule has 310 valence electrons. The predicted octanol–water partition coefficient (Wildman–Crippen LogP) is 6.75. The van der Waals surface area contributed by atoms with Crippen molar-refractivity contribution < 1.29 is 57.3 Å². The summed E-state index contributed by atoms with van der Waals surface area (Å²) in [5.74, 6) is -0.647. The van der Waals surface area contributed by atoms with E-state index in [2.05, 4.69) is 25.7 Å². The van der Waals surface area contributed by atoms with Gasteiger partial charge in [0.05, 0.1) is 11.7 Å². The first-order valence-electron chi connectivity index (χ1n) is 20.0. The van der Waals surface area contributed by atoms with E-state index in [0.717, 1.165) is 12.8 Å². The summed E-state index contributed by atoms with van der Waals surface area (Å²) in [6, 6.07) is 2.22. The SMILES string of the molecule is CC(C)(C)OC(=O)Oc1c(CCB2O[C@@H]3C[C@@H]4C[C@@H](C4(C)C)[C@]3(C)O2)ccc(OC2CN([C@H]3C[C@H](C(=O)O)N(C(=O)OC(C)(C)C)C3)C2)c1C(=O)OC(C)(C)C. The fraction of sp³-hybridized carbons (Fsp3) is 0.756. The third-order valence-corrected chi connectivity index (χ3v) is 11.9. The summed E-state index contributed by atoms with van der Waals surface area (Å²) < 4.78 is 42.4. The lowest BCUT2D eigenvalue weighted by atomic mass is 9.43. The molecule has 1 aromatic rings. The standard InChI is InChI=1S/C41H61BN2O12/c1-37(2,3)52-34(47)31-28(50-26-21-43(22-26)25-19-27(33(45)46)44(20-25)35(48)53-38(4,5)6)14-13-23(32(31)51-36(49)54-39(7,8)9)15-16-42-55-30-18-24-17-29(40(24,10)11)41(30,12)56-42/h13-14,24-27,29-30H,15-22H2,1-12H3,(H,45,46)/t24-,25-,27+,29-,30+,41-/m0/s1. The summed E-state index contributed by atoms with van der Waals surface area (Å²) in [6.07, 6.45) is 1.12. The van der Waals surface area contributed by atoms with Gasteiger partial charge in [-0.05, 0) is 130 Å². The first-order chi connectivity index (χ1) is 25.7. The molecule has 3 saturated carbocycles. The van der Waals surface area contributed by atoms with Crippen molar-refractivity contribution in [1.82, 2.24) is 9.80 Å². The van der Waals surface area contributed by atoms with Gasteiger partial charge in [-0.15, -0.1) is 0 Å². The zero-order valence-electron chi connectivity index (χ0n) is 35.2. The van der Waals surface area contributed by atoms with Crippen molar-refractivity contribution in [3.63, 3.8) is 0 Å². The van der Waals surface area contributed by atoms with Crippen LogP contribution in [0.1, 0.15) is 118 Å². The van der Waals surface area contributed by atoms with Crippen molar-refractivity contribution in [3.8, 4) is 11.5 Å². The van der Waals surface area contributed by atoms with Crippen molar-refractivity contribution in [3.05, 3.63) is 23.3 Å². The second kappa shape index (κ2) is 14.7. The average molecular weight is 785 g/mol. The lowest BCUT2D eigenvalue weighted by Crippen LogP contribution is -2.65. The molecule has 0 radical (unpaired) electrons. The quantitative estimate of drug-likeness (QED) is 0.121. The van der Waals surface area contributed by atoms with Crippen LogP contribution in [0.15, 0.2) is 12.1 Å². The Morgan fingerprint density at radius 3 is 2.11 bits per heavy atom. The number of carboxylic acids is 1. The molecule has 6 fully saturated rings. The van der Waals surface area contributed by atoms with Gasteiger partial charge in [-0.25, -0.2) is 19.2 Å². The minimum absolute atomic E-state index is 0.0107. The minimum Gasteiger partial charge on any atom is -0.487 e. The number of aliphatic carboxylic acids is 1. The summed E-state index contributed by atoms with van der Waals surface area (Å²) in [4.78, 5) is 55.6. The van der Waals surface area contributed by atoms with E-state index in [-0.39, 0.29) is 53.2 Å². The summed E-state index contributed by atoms with van der Waals surface area (Å²) >= 11 is 0. The van der Waals surface area contributed by atoms with Gasteiger partial charge in [0.15, 0.2) is 5.75 Å². The van der Waals surface area contributed by atoms with Gasteiger partial charge in [-0.1, -0.05) is 19.9 Å². The Balaban J connectivity index is 1.22. The Kier molecular flexibility index (Phi) is 11.0. The second-order valence-electron chi connectivity index (χ2n) is 20.0. The number of aryl methyl sites for hydroxylation is 1. The van der Waals surface area contributed by atoms with E-state index in [1.54, 1.807) is 74.4 Å². The van der Waals surface area contributed by atoms with E-state index in [0.29, 0.717) is 43.2 Å². The normalized spacial score (nSPS) is 28.8. The van der Waals surface area contributed by atoms with Gasteiger partial charge in [0.2, 0.25) is 0 Å². The molecule has 2 bridgehead atoms. The number of rotatable bonds is 9. The van der Waals surface area contributed by atoms with Crippen LogP contribution in [0.2, 0.25) is 6.32 Å². The number of amides is 1. The molecule has 0 aromatic heterocycles. The fourth-order valence-corrected chi connectivity index (χ4v) is 9.10. The van der Waals surface area contributed by atoms with Crippen LogP contribution in [0.5, 0.6) is 11.5 Å². The molecule has 7 rings (SSSR count). The molecule has 6 atom stereocenters. The molecule has 0 spiro atoms. The van der Waals surface area contributed by atoms with E-state index in [1.165, 1.54) is 4.90 Å². The first-order valence-corrected chi connectivity index (χ1v) is 20.0. The summed E-state index contributed by atoms with van der Waals surface area (Å²) in [7, 11) is -0.473. The maximum absolute atomic E-state index is 14.1. The number of hydrogen-bond acceptors (Lipinski definition) is 12. The molecule has 3 heterocycles. The maximum Gasteiger partial charge on any atom is 0.514 e. The molecule has 56 heavy (non-hydrogen) atoms. The van der Waals surface area contributed by atoms with E-state index < -0.39 is 60.3 Å². The van der Waals surface area contributed by atoms with E-state index >= 15 is 0 Å². The third-order valence-electron chi connectivity index (χ3n) is 11.9. The van der Waals surface area contributed by atoms with Gasteiger partial charge in [-0.2, -0.15) is 0 Å². The van der Waals surface area contributed by atoms with Crippen LogP contribution in [0, 0.1) is 17.3 Å². The lowest BCUT2D eigenvalue weighted by Gasteiger charge is -2.64. The highest BCUT2D eigenvalue weighted by molar-refractivity contribution is 6.45.